The molecule has 1 aliphatic rings. The molecule has 0 aliphatic carbocycles. The molecule has 1 aliphatic heterocycles. The molecule has 1 heterocycles. The smallest absolute Gasteiger partial charge is 0.404 e. The number of amides is 2. The first-order valence-electron chi connectivity index (χ1n) is 13.4. The maximum atomic E-state index is 13.4. The fraction of sp³-hybridized carbons (Fsp3) is 0.355. The number of nitrogens with two attached hydrogens (primary N) is 2. The van der Waals surface area contributed by atoms with E-state index in [0.717, 1.165) is 24.0 Å². The maximum Gasteiger partial charge on any atom is 0.404 e. The number of hydrogen-bond acceptors (Lipinski definition) is 6. The van der Waals surface area contributed by atoms with Crippen molar-refractivity contribution in [2.75, 3.05) is 19.7 Å². The van der Waals surface area contributed by atoms with Gasteiger partial charge in [0.1, 0.15) is 11.5 Å². The van der Waals surface area contributed by atoms with Crippen molar-refractivity contribution in [1.82, 2.24) is 4.90 Å². The molecule has 4 rings (SSSR count). The summed E-state index contributed by atoms with van der Waals surface area (Å²) in [6.45, 7) is 3.45. The first kappa shape index (κ1) is 28.1. The molecule has 3 aromatic carbocycles. The highest BCUT2D eigenvalue weighted by Crippen LogP contribution is 2.44. The molecule has 1 saturated heterocycles. The second-order valence-corrected chi connectivity index (χ2v) is 10.1. The number of benzene rings is 3. The number of aryl methyl sites for hydroxylation is 1. The van der Waals surface area contributed by atoms with Crippen molar-refractivity contribution < 1.29 is 24.2 Å². The Morgan fingerprint density at radius 2 is 1.72 bits per heavy atom. The van der Waals surface area contributed by atoms with Crippen LogP contribution in [0.3, 0.4) is 0 Å². The Labute approximate surface area is 229 Å². The van der Waals surface area contributed by atoms with Crippen molar-refractivity contribution in [3.8, 4) is 11.5 Å². The minimum atomic E-state index is -1.34. The molecule has 0 bridgehead atoms. The van der Waals surface area contributed by atoms with E-state index in [-0.39, 0.29) is 18.4 Å². The SMILES string of the molecule is Cc1ccccc1Oc1ccccc1[C@](O)(CCCOC(N)=O)[C@@H]1CCCN(C(=O)c2ccc(CN)cc2)C1. The number of para-hydroxylation sites is 2. The summed E-state index contributed by atoms with van der Waals surface area (Å²) in [6, 6.07) is 22.5. The van der Waals surface area contributed by atoms with Gasteiger partial charge in [0, 0.05) is 36.7 Å². The van der Waals surface area contributed by atoms with E-state index >= 15 is 0 Å². The average Bonchev–Trinajstić information content (AvgIpc) is 2.96. The van der Waals surface area contributed by atoms with Gasteiger partial charge >= 0.3 is 6.09 Å². The molecule has 0 unspecified atom stereocenters. The van der Waals surface area contributed by atoms with Gasteiger partial charge in [-0.05, 0) is 68.0 Å². The van der Waals surface area contributed by atoms with Gasteiger partial charge in [0.25, 0.3) is 5.91 Å². The van der Waals surface area contributed by atoms with Crippen LogP contribution in [0, 0.1) is 12.8 Å². The second-order valence-electron chi connectivity index (χ2n) is 10.1. The molecular weight excluding hydrogens is 494 g/mol. The third-order valence-electron chi connectivity index (χ3n) is 7.43. The fourth-order valence-electron chi connectivity index (χ4n) is 5.29. The van der Waals surface area contributed by atoms with Crippen LogP contribution in [0.5, 0.6) is 11.5 Å². The first-order chi connectivity index (χ1) is 18.8. The van der Waals surface area contributed by atoms with E-state index in [1.807, 2.05) is 67.6 Å². The third-order valence-corrected chi connectivity index (χ3v) is 7.43. The summed E-state index contributed by atoms with van der Waals surface area (Å²) in [4.78, 5) is 26.4. The number of hydrogen-bond donors (Lipinski definition) is 3. The number of piperidine rings is 1. The van der Waals surface area contributed by atoms with E-state index in [9.17, 15) is 14.7 Å². The molecule has 0 aromatic heterocycles. The van der Waals surface area contributed by atoms with Gasteiger partial charge in [-0.1, -0.05) is 48.5 Å². The van der Waals surface area contributed by atoms with Crippen molar-refractivity contribution in [3.63, 3.8) is 0 Å². The second kappa shape index (κ2) is 12.8. The molecular formula is C31H37N3O5. The van der Waals surface area contributed by atoms with E-state index in [2.05, 4.69) is 0 Å². The van der Waals surface area contributed by atoms with Crippen LogP contribution in [-0.2, 0) is 16.9 Å². The lowest BCUT2D eigenvalue weighted by Gasteiger charge is -2.43. The Hall–Kier alpha value is -3.88. The van der Waals surface area contributed by atoms with E-state index in [0.29, 0.717) is 55.1 Å². The van der Waals surface area contributed by atoms with Gasteiger partial charge in [-0.15, -0.1) is 0 Å². The topological polar surface area (TPSA) is 128 Å². The molecule has 5 N–H and O–H groups in total. The van der Waals surface area contributed by atoms with Crippen LogP contribution in [0.15, 0.2) is 72.8 Å². The molecule has 3 aromatic rings. The van der Waals surface area contributed by atoms with E-state index in [4.69, 9.17) is 20.9 Å². The summed E-state index contributed by atoms with van der Waals surface area (Å²) in [5.74, 6) is 0.900. The van der Waals surface area contributed by atoms with Crippen LogP contribution in [0.1, 0.15) is 52.7 Å². The van der Waals surface area contributed by atoms with Gasteiger partial charge in [0.2, 0.25) is 0 Å². The number of ether oxygens (including phenoxy) is 2. The molecule has 0 saturated carbocycles. The molecule has 8 nitrogen and oxygen atoms in total. The summed E-state index contributed by atoms with van der Waals surface area (Å²) >= 11 is 0. The molecule has 0 spiro atoms. The van der Waals surface area contributed by atoms with Crippen LogP contribution in [0.2, 0.25) is 0 Å². The highest BCUT2D eigenvalue weighted by Gasteiger charge is 2.43. The lowest BCUT2D eigenvalue weighted by molar-refractivity contribution is -0.0603. The lowest BCUT2D eigenvalue weighted by Crippen LogP contribution is -2.48. The van der Waals surface area contributed by atoms with Crippen molar-refractivity contribution in [3.05, 3.63) is 95.1 Å². The number of carbonyl (C=O) groups excluding carboxylic acids is 2. The zero-order valence-electron chi connectivity index (χ0n) is 22.3. The van der Waals surface area contributed by atoms with Crippen LogP contribution >= 0.6 is 0 Å². The molecule has 2 atom stereocenters. The Morgan fingerprint density at radius 3 is 2.41 bits per heavy atom. The monoisotopic (exact) mass is 531 g/mol. The van der Waals surface area contributed by atoms with Gasteiger partial charge in [-0.3, -0.25) is 4.79 Å². The van der Waals surface area contributed by atoms with Crippen LogP contribution in [-0.4, -0.2) is 41.7 Å². The Balaban J connectivity index is 1.63. The van der Waals surface area contributed by atoms with Crippen molar-refractivity contribution in [2.24, 2.45) is 17.4 Å². The fourth-order valence-corrected chi connectivity index (χ4v) is 5.29. The highest BCUT2D eigenvalue weighted by atomic mass is 16.5. The number of rotatable bonds is 10. The predicted octanol–water partition coefficient (Wildman–Crippen LogP) is 4.86. The molecule has 39 heavy (non-hydrogen) atoms. The standard InChI is InChI=1S/C31H37N3O5/c1-22-8-2-4-11-27(22)39-28-12-5-3-10-26(28)31(37,17-7-19-38-30(33)36)25-9-6-18-34(21-25)29(35)24-15-13-23(20-32)14-16-24/h2-5,8,10-16,25,37H,6-7,9,17-21,32H2,1H3,(H2,33,36)/t25-,31+/m1/s1. The number of likely N-dealkylation sites (tertiary alicyclic amines) is 1. The van der Waals surface area contributed by atoms with E-state index in [1.54, 1.807) is 17.0 Å². The molecule has 2 amide bonds. The number of aliphatic hydroxyl groups is 1. The molecule has 0 radical (unpaired) electrons. The largest absolute Gasteiger partial charge is 0.457 e. The third kappa shape index (κ3) is 6.77. The van der Waals surface area contributed by atoms with Crippen molar-refractivity contribution in [2.45, 2.75) is 44.8 Å². The minimum absolute atomic E-state index is 0.0767. The highest BCUT2D eigenvalue weighted by molar-refractivity contribution is 5.94. The van der Waals surface area contributed by atoms with Gasteiger partial charge in [0.05, 0.1) is 12.2 Å². The van der Waals surface area contributed by atoms with Crippen molar-refractivity contribution in [1.29, 1.82) is 0 Å². The summed E-state index contributed by atoms with van der Waals surface area (Å²) in [5.41, 5.74) is 12.7. The van der Waals surface area contributed by atoms with Gasteiger partial charge in [-0.2, -0.15) is 0 Å². The quantitative estimate of drug-likeness (QED) is 0.321. The average molecular weight is 532 g/mol. The van der Waals surface area contributed by atoms with Crippen molar-refractivity contribution >= 4 is 12.0 Å². The number of carbonyl (C=O) groups is 2. The first-order valence-corrected chi connectivity index (χ1v) is 13.4. The van der Waals surface area contributed by atoms with Crippen LogP contribution in [0.25, 0.3) is 0 Å². The minimum Gasteiger partial charge on any atom is -0.457 e. The summed E-state index contributed by atoms with van der Waals surface area (Å²) in [7, 11) is 0. The van der Waals surface area contributed by atoms with Crippen LogP contribution < -0.4 is 16.2 Å². The lowest BCUT2D eigenvalue weighted by atomic mass is 9.74. The van der Waals surface area contributed by atoms with Gasteiger partial charge in [0.15, 0.2) is 0 Å². The zero-order chi connectivity index (χ0) is 27.8. The Kier molecular flexibility index (Phi) is 9.22. The molecule has 206 valence electrons. The Morgan fingerprint density at radius 1 is 1.03 bits per heavy atom. The van der Waals surface area contributed by atoms with Gasteiger partial charge < -0.3 is 30.9 Å². The summed E-state index contributed by atoms with van der Waals surface area (Å²) in [5, 5.41) is 12.4. The molecule has 1 fully saturated rings. The summed E-state index contributed by atoms with van der Waals surface area (Å²) < 4.78 is 11.3. The zero-order valence-corrected chi connectivity index (χ0v) is 22.3. The normalized spacial score (nSPS) is 16.8. The Bertz CT molecular complexity index is 1280. The van der Waals surface area contributed by atoms with Crippen LogP contribution in [0.4, 0.5) is 4.79 Å². The summed E-state index contributed by atoms with van der Waals surface area (Å²) in [6.07, 6.45) is 1.31. The number of nitrogens with zero attached hydrogens (tertiary/aromatic N) is 1. The van der Waals surface area contributed by atoms with E-state index < -0.39 is 11.7 Å². The van der Waals surface area contributed by atoms with Gasteiger partial charge in [-0.25, -0.2) is 4.79 Å². The van der Waals surface area contributed by atoms with E-state index in [1.165, 1.54) is 0 Å². The molecule has 8 heteroatoms. The number of primary amides is 1. The maximum absolute atomic E-state index is 13.4. The predicted molar refractivity (Wildman–Crippen MR) is 149 cm³/mol.